The van der Waals surface area contributed by atoms with Crippen molar-refractivity contribution in [1.29, 1.82) is 0 Å². The third-order valence-corrected chi connectivity index (χ3v) is 19.4. The molecule has 0 saturated carbocycles. The second-order valence-corrected chi connectivity index (χ2v) is 25.1. The molecule has 9 rings (SSSR count). The molecule has 0 spiro atoms. The number of ether oxygens (including phenoxy) is 5. The van der Waals surface area contributed by atoms with E-state index in [1.165, 1.54) is 40.5 Å². The standard InChI is InChI=1S/C34H47N15O23P4S/c1-37-24-15-25(39-8-38-24)47(9-40-15)32-23(64-4)22(70-73(55,56)65-5-12-18(50)19(51)30(67-12)48-10-41-16-26(48)42-33(35)44-28(16)53)13(68-32)6-66-74(57,58)71-75(59,60)72-76(61,62)77-7-14-21(63-3)20(52)31(69-14)49-11-46(2)17-27(49)43-34(36)45-29(17)54/h8-14,18-23,30-32,50-52H,5-7H2,1-4H3,(H10-,35,36,37,38,39,42,43,44,45,53,54,55,56,57,58,59,60,61,62)/p-3/t12-,13-,14-,18?,19+,20?,21+,22?,23+,30-,31-,32-/m1/s1. The van der Waals surface area contributed by atoms with Gasteiger partial charge in [0.15, 0.2) is 48.2 Å². The van der Waals surface area contributed by atoms with Crippen molar-refractivity contribution in [2.24, 2.45) is 7.05 Å². The van der Waals surface area contributed by atoms with Crippen LogP contribution < -0.4 is 52.0 Å². The quantitative estimate of drug-likeness (QED) is 0.0246. The predicted octanol–water partition coefficient (Wildman–Crippen LogP) is -5.41. The van der Waals surface area contributed by atoms with E-state index >= 15 is 0 Å². The largest absolute Gasteiger partial charge is 0.770 e. The number of imidazole rings is 3. The van der Waals surface area contributed by atoms with E-state index < -0.39 is 134 Å². The Labute approximate surface area is 432 Å². The number of hydrogen-bond donors (Lipinski definition) is 8. The first-order valence-electron chi connectivity index (χ1n) is 21.9. The average molecular weight is 1190 g/mol. The van der Waals surface area contributed by atoms with Gasteiger partial charge in [-0.25, -0.2) is 28.8 Å². The zero-order chi connectivity index (χ0) is 55.7. The predicted molar refractivity (Wildman–Crippen MR) is 247 cm³/mol. The Bertz CT molecular complexity index is 3510. The van der Waals surface area contributed by atoms with Crippen LogP contribution in [0.3, 0.4) is 0 Å². The summed E-state index contributed by atoms with van der Waals surface area (Å²) in [6.07, 6.45) is -14.6. The van der Waals surface area contributed by atoms with Crippen LogP contribution in [0, 0.1) is 0 Å². The molecule has 3 saturated heterocycles. The number of aromatic amines is 2. The molecule has 38 nitrogen and oxygen atoms in total. The van der Waals surface area contributed by atoms with Crippen molar-refractivity contribution in [3.8, 4) is 0 Å². The SMILES string of the molecule is CNc1ncnc2c1ncn2[C@@H]1O[C@H](COP(=O)([O-])OP(=O)([O-])OP(=O)([O-])SC[C@H]2O[C@@H]([n+]3cn(C)c4c(=O)[nH]c(N)nc43)C(O)[C@H]2OC)C(OP(=O)([O-])OC[C@H]2O[C@@H](n3cnc4c(=O)[nH]c(N)nc43)[C@@H](O)C2O)[C@@H]1OC. The van der Waals surface area contributed by atoms with Crippen molar-refractivity contribution in [2.45, 2.75) is 73.6 Å². The molecule has 6 aromatic rings. The zero-order valence-electron chi connectivity index (χ0n) is 39.7. The lowest BCUT2D eigenvalue weighted by atomic mass is 10.1. The lowest BCUT2D eigenvalue weighted by Crippen LogP contribution is -2.46. The first kappa shape index (κ1) is 56.9. The molecule has 0 aliphatic carbocycles. The average Bonchev–Trinajstić information content (AvgIpc) is 4.21. The van der Waals surface area contributed by atoms with Gasteiger partial charge in [0.2, 0.25) is 17.7 Å². The molecule has 0 bridgehead atoms. The number of fused-ring (bicyclic) bond motifs is 3. The molecule has 3 aliphatic rings. The Kier molecular flexibility index (Phi) is 16.1. The van der Waals surface area contributed by atoms with Gasteiger partial charge in [0.1, 0.15) is 66.8 Å². The van der Waals surface area contributed by atoms with E-state index in [0.29, 0.717) is 0 Å². The number of nitrogen functional groups attached to an aromatic ring is 2. The molecule has 3 aliphatic heterocycles. The highest BCUT2D eigenvalue weighted by molar-refractivity contribution is 8.54. The number of methoxy groups -OCH3 is 2. The van der Waals surface area contributed by atoms with Crippen LogP contribution in [-0.2, 0) is 71.2 Å². The van der Waals surface area contributed by atoms with E-state index in [4.69, 9.17) is 48.7 Å². The number of nitrogens with one attached hydrogen (secondary N) is 3. The monoisotopic (exact) mass is 1190 g/mol. The molecule has 422 valence electrons. The van der Waals surface area contributed by atoms with Gasteiger partial charge in [0, 0.05) is 27.0 Å². The summed E-state index contributed by atoms with van der Waals surface area (Å²) in [7, 11) is -13.2. The number of H-pyrrole nitrogens is 2. The Balaban J connectivity index is 0.872. The third-order valence-electron chi connectivity index (χ3n) is 12.0. The minimum Gasteiger partial charge on any atom is -0.770 e. The van der Waals surface area contributed by atoms with Gasteiger partial charge in [-0.2, -0.15) is 4.98 Å². The van der Waals surface area contributed by atoms with E-state index in [9.17, 15) is 62.7 Å². The van der Waals surface area contributed by atoms with Crippen molar-refractivity contribution in [1.82, 2.24) is 53.6 Å². The van der Waals surface area contributed by atoms with Crippen molar-refractivity contribution in [2.75, 3.05) is 57.0 Å². The number of aryl methyl sites for hydroxylation is 1. The first-order valence-corrected chi connectivity index (χ1v) is 29.4. The molecular weight excluding hydrogens is 1140 g/mol. The summed E-state index contributed by atoms with van der Waals surface area (Å²) >= 11 is -0.205. The molecule has 0 amide bonds. The highest BCUT2D eigenvalue weighted by Gasteiger charge is 2.52. The summed E-state index contributed by atoms with van der Waals surface area (Å²) in [6, 6.07) is 0. The van der Waals surface area contributed by atoms with Gasteiger partial charge in [-0.05, 0) is 0 Å². The minimum absolute atomic E-state index is 0.0254. The summed E-state index contributed by atoms with van der Waals surface area (Å²) in [5, 5.41) is 35.6. The molecular formula is C34H44N15O23P4S-3. The van der Waals surface area contributed by atoms with Crippen LogP contribution in [0.1, 0.15) is 18.7 Å². The highest BCUT2D eigenvalue weighted by atomic mass is 32.7. The maximum Gasteiger partial charge on any atom is 0.313 e. The Morgan fingerprint density at radius 1 is 0.753 bits per heavy atom. The minimum atomic E-state index is -6.46. The van der Waals surface area contributed by atoms with E-state index in [0.717, 1.165) is 31.4 Å². The van der Waals surface area contributed by atoms with E-state index in [1.54, 1.807) is 0 Å². The molecule has 0 radical (unpaired) electrons. The van der Waals surface area contributed by atoms with Crippen LogP contribution in [0.15, 0.2) is 34.9 Å². The van der Waals surface area contributed by atoms with Crippen molar-refractivity contribution in [3.05, 3.63) is 46.0 Å². The Hall–Kier alpha value is -4.76. The van der Waals surface area contributed by atoms with Crippen LogP contribution >= 0.6 is 41.6 Å². The fourth-order valence-electron chi connectivity index (χ4n) is 8.70. The number of aliphatic hydroxyl groups excluding tert-OH is 3. The number of anilines is 3. The van der Waals surface area contributed by atoms with Crippen molar-refractivity contribution >= 4 is 92.9 Å². The van der Waals surface area contributed by atoms with Crippen LogP contribution in [-0.4, -0.2) is 164 Å². The van der Waals surface area contributed by atoms with Crippen LogP contribution in [0.5, 0.6) is 0 Å². The molecule has 0 aromatic carbocycles. The van der Waals surface area contributed by atoms with Crippen LogP contribution in [0.25, 0.3) is 33.5 Å². The fraction of sp³-hybridized carbons (Fsp3) is 0.559. The number of phosphoric ester groups is 2. The Morgan fingerprint density at radius 3 is 2.09 bits per heavy atom. The van der Waals surface area contributed by atoms with Gasteiger partial charge >= 0.3 is 5.65 Å². The highest BCUT2D eigenvalue weighted by Crippen LogP contribution is 2.67. The molecule has 3 fully saturated rings. The number of rotatable bonds is 21. The lowest BCUT2D eigenvalue weighted by molar-refractivity contribution is -0.745. The molecule has 16 atom stereocenters. The van der Waals surface area contributed by atoms with Gasteiger partial charge in [0.25, 0.3) is 40.5 Å². The van der Waals surface area contributed by atoms with E-state index in [2.05, 4.69) is 53.8 Å². The van der Waals surface area contributed by atoms with Gasteiger partial charge in [-0.3, -0.25) is 55.8 Å². The first-order chi connectivity index (χ1) is 36.2. The third kappa shape index (κ3) is 11.5. The summed E-state index contributed by atoms with van der Waals surface area (Å²) in [4.78, 5) is 107. The zero-order valence-corrected chi connectivity index (χ0v) is 44.1. The van der Waals surface area contributed by atoms with Crippen LogP contribution in [0.4, 0.5) is 17.7 Å². The molecule has 43 heteroatoms. The van der Waals surface area contributed by atoms with Gasteiger partial charge in [-0.15, -0.1) is 0 Å². The number of nitrogens with two attached hydrogens (primary N) is 2. The molecule has 10 N–H and O–H groups in total. The maximum absolute atomic E-state index is 13.6. The molecule has 7 unspecified atom stereocenters. The van der Waals surface area contributed by atoms with Crippen LogP contribution in [0.2, 0.25) is 0 Å². The lowest BCUT2D eigenvalue weighted by Gasteiger charge is -2.35. The molecule has 6 aromatic heterocycles. The van der Waals surface area contributed by atoms with Gasteiger partial charge in [-0.1, -0.05) is 16.4 Å². The molecule has 9 heterocycles. The van der Waals surface area contributed by atoms with E-state index in [1.807, 2.05) is 0 Å². The fourth-order valence-corrected chi connectivity index (χ4v) is 15.4. The molecule has 77 heavy (non-hydrogen) atoms. The van der Waals surface area contributed by atoms with Gasteiger partial charge < -0.3 is 88.9 Å². The summed E-state index contributed by atoms with van der Waals surface area (Å²) in [5.41, 5.74) is 9.85. The number of nitrogens with zero attached hydrogens (tertiary/aromatic N) is 10. The van der Waals surface area contributed by atoms with E-state index in [-0.39, 0.29) is 62.6 Å². The number of aliphatic hydroxyl groups is 3. The summed E-state index contributed by atoms with van der Waals surface area (Å²) < 4.78 is 109. The summed E-state index contributed by atoms with van der Waals surface area (Å²) in [6.45, 7) is -8.12. The van der Waals surface area contributed by atoms with Crippen molar-refractivity contribution < 1.29 is 104 Å². The number of hydrogen-bond acceptors (Lipinski definition) is 33. The number of phosphoric acid groups is 3. The normalized spacial score (nSPS) is 30.0. The topological polar surface area (TPSA) is 539 Å². The maximum atomic E-state index is 13.6. The Morgan fingerprint density at radius 2 is 1.39 bits per heavy atom. The second-order valence-electron chi connectivity index (χ2n) is 16.8. The van der Waals surface area contributed by atoms with Gasteiger partial charge in [0.05, 0.1) is 32.9 Å². The number of aromatic nitrogens is 12. The smallest absolute Gasteiger partial charge is 0.313 e. The van der Waals surface area contributed by atoms with Crippen molar-refractivity contribution in [3.63, 3.8) is 0 Å². The second kappa shape index (κ2) is 21.7. The summed E-state index contributed by atoms with van der Waals surface area (Å²) in [5.74, 6) is -1.07.